The minimum atomic E-state index is -3.80. The summed E-state index contributed by atoms with van der Waals surface area (Å²) in [6.45, 7) is 3.43. The van der Waals surface area contributed by atoms with E-state index in [2.05, 4.69) is 5.32 Å². The summed E-state index contributed by atoms with van der Waals surface area (Å²) in [6.07, 6.45) is 0. The number of benzene rings is 2. The fraction of sp³-hybridized carbons (Fsp3) is 0.263. The minimum Gasteiger partial charge on any atom is -0.351 e. The lowest BCUT2D eigenvalue weighted by Crippen LogP contribution is -2.38. The summed E-state index contributed by atoms with van der Waals surface area (Å²) in [4.78, 5) is 23.4. The molecule has 138 valence electrons. The van der Waals surface area contributed by atoms with Crippen molar-refractivity contribution in [3.63, 3.8) is 0 Å². The van der Waals surface area contributed by atoms with Gasteiger partial charge in [0.15, 0.2) is 5.78 Å². The number of hydrogen-bond donors (Lipinski definition) is 1. The Morgan fingerprint density at radius 1 is 1.00 bits per heavy atom. The average Bonchev–Trinajstić information content (AvgIpc) is 2.61. The van der Waals surface area contributed by atoms with Gasteiger partial charge >= 0.3 is 0 Å². The number of amides is 1. The summed E-state index contributed by atoms with van der Waals surface area (Å²) >= 11 is 0. The van der Waals surface area contributed by atoms with Crippen molar-refractivity contribution in [1.29, 1.82) is 0 Å². The molecule has 26 heavy (non-hydrogen) atoms. The monoisotopic (exact) mass is 374 g/mol. The van der Waals surface area contributed by atoms with E-state index >= 15 is 0 Å². The van der Waals surface area contributed by atoms with Crippen LogP contribution >= 0.6 is 0 Å². The molecule has 0 saturated carbocycles. The van der Waals surface area contributed by atoms with E-state index in [9.17, 15) is 18.0 Å². The largest absolute Gasteiger partial charge is 0.351 e. The molecule has 0 aliphatic rings. The molecule has 0 atom stereocenters. The molecule has 2 aromatic carbocycles. The zero-order chi connectivity index (χ0) is 19.3. The van der Waals surface area contributed by atoms with Crippen molar-refractivity contribution >= 4 is 21.7 Å². The lowest BCUT2D eigenvalue weighted by Gasteiger charge is -2.17. The SMILES string of the molecule is CC(=O)c1ccc(S(=O)(=O)N(C)CC(=O)NCc2ccc(C)cc2)cc1. The van der Waals surface area contributed by atoms with Gasteiger partial charge in [-0.3, -0.25) is 9.59 Å². The molecule has 0 radical (unpaired) electrons. The molecule has 2 rings (SSSR count). The van der Waals surface area contributed by atoms with Crippen LogP contribution in [0.3, 0.4) is 0 Å². The molecule has 1 amide bonds. The Labute approximate surface area is 153 Å². The van der Waals surface area contributed by atoms with Crippen LogP contribution in [0.15, 0.2) is 53.4 Å². The van der Waals surface area contributed by atoms with Crippen LogP contribution in [0.5, 0.6) is 0 Å². The van der Waals surface area contributed by atoms with E-state index in [0.717, 1.165) is 15.4 Å². The highest BCUT2D eigenvalue weighted by Gasteiger charge is 2.23. The molecule has 0 spiro atoms. The summed E-state index contributed by atoms with van der Waals surface area (Å²) in [5, 5.41) is 2.71. The van der Waals surface area contributed by atoms with Gasteiger partial charge in [-0.1, -0.05) is 42.0 Å². The highest BCUT2D eigenvalue weighted by Crippen LogP contribution is 2.15. The number of sulfonamides is 1. The third-order valence-corrected chi connectivity index (χ3v) is 5.76. The van der Waals surface area contributed by atoms with Crippen molar-refractivity contribution in [3.8, 4) is 0 Å². The molecule has 0 aliphatic carbocycles. The van der Waals surface area contributed by atoms with Crippen molar-refractivity contribution in [2.24, 2.45) is 0 Å². The molecule has 0 saturated heterocycles. The number of Topliss-reactive ketones (excluding diaryl/α,β-unsaturated/α-hetero) is 1. The Morgan fingerprint density at radius 3 is 2.12 bits per heavy atom. The smallest absolute Gasteiger partial charge is 0.243 e. The first-order valence-electron chi connectivity index (χ1n) is 8.10. The molecule has 0 aromatic heterocycles. The van der Waals surface area contributed by atoms with Crippen molar-refractivity contribution in [1.82, 2.24) is 9.62 Å². The molecule has 0 aliphatic heterocycles. The molecule has 0 unspecified atom stereocenters. The first-order chi connectivity index (χ1) is 12.2. The second-order valence-corrected chi connectivity index (χ2v) is 8.15. The van der Waals surface area contributed by atoms with Gasteiger partial charge in [-0.15, -0.1) is 0 Å². The fourth-order valence-electron chi connectivity index (χ4n) is 2.29. The van der Waals surface area contributed by atoms with Crippen LogP contribution in [0.25, 0.3) is 0 Å². The number of nitrogens with zero attached hydrogens (tertiary/aromatic N) is 1. The van der Waals surface area contributed by atoms with Crippen LogP contribution in [0, 0.1) is 6.92 Å². The van der Waals surface area contributed by atoms with Gasteiger partial charge in [0.25, 0.3) is 0 Å². The maximum Gasteiger partial charge on any atom is 0.243 e. The summed E-state index contributed by atoms with van der Waals surface area (Å²) < 4.78 is 26.0. The van der Waals surface area contributed by atoms with Crippen LogP contribution in [0.1, 0.15) is 28.4 Å². The van der Waals surface area contributed by atoms with E-state index in [0.29, 0.717) is 12.1 Å². The molecular formula is C19H22N2O4S. The van der Waals surface area contributed by atoms with Crippen molar-refractivity contribution in [3.05, 3.63) is 65.2 Å². The number of carbonyl (C=O) groups excluding carboxylic acids is 2. The number of carbonyl (C=O) groups is 2. The number of likely N-dealkylation sites (N-methyl/N-ethyl adjacent to an activating group) is 1. The van der Waals surface area contributed by atoms with Crippen molar-refractivity contribution in [2.45, 2.75) is 25.3 Å². The van der Waals surface area contributed by atoms with Gasteiger partial charge in [0, 0.05) is 19.2 Å². The third-order valence-electron chi connectivity index (χ3n) is 3.95. The highest BCUT2D eigenvalue weighted by molar-refractivity contribution is 7.89. The van der Waals surface area contributed by atoms with Crippen molar-refractivity contribution < 1.29 is 18.0 Å². The van der Waals surface area contributed by atoms with Crippen LogP contribution in [0.2, 0.25) is 0 Å². The normalized spacial score (nSPS) is 11.4. The molecule has 0 bridgehead atoms. The topological polar surface area (TPSA) is 83.6 Å². The Hall–Kier alpha value is -2.51. The number of hydrogen-bond acceptors (Lipinski definition) is 4. The van der Waals surface area contributed by atoms with Gasteiger partial charge in [-0.05, 0) is 31.5 Å². The molecule has 6 nitrogen and oxygen atoms in total. The highest BCUT2D eigenvalue weighted by atomic mass is 32.2. The third kappa shape index (κ3) is 5.00. The van der Waals surface area contributed by atoms with Gasteiger partial charge in [0.05, 0.1) is 11.4 Å². The summed E-state index contributed by atoms with van der Waals surface area (Å²) in [6, 6.07) is 13.4. The predicted octanol–water partition coefficient (Wildman–Crippen LogP) is 2.13. The van der Waals surface area contributed by atoms with Crippen LogP contribution < -0.4 is 5.32 Å². The maximum atomic E-state index is 12.5. The Kier molecular flexibility index (Phi) is 6.28. The zero-order valence-electron chi connectivity index (χ0n) is 15.0. The summed E-state index contributed by atoms with van der Waals surface area (Å²) in [5.41, 5.74) is 2.50. The van der Waals surface area contributed by atoms with Crippen LogP contribution in [0.4, 0.5) is 0 Å². The fourth-order valence-corrected chi connectivity index (χ4v) is 3.42. The van der Waals surface area contributed by atoms with Crippen LogP contribution in [-0.4, -0.2) is 38.0 Å². The number of aryl methyl sites for hydroxylation is 1. The van der Waals surface area contributed by atoms with Crippen molar-refractivity contribution in [2.75, 3.05) is 13.6 Å². The lowest BCUT2D eigenvalue weighted by atomic mass is 10.1. The molecule has 1 N–H and O–H groups in total. The van der Waals surface area contributed by atoms with E-state index in [1.165, 1.54) is 38.2 Å². The lowest BCUT2D eigenvalue weighted by molar-refractivity contribution is -0.121. The molecule has 2 aromatic rings. The van der Waals surface area contributed by atoms with E-state index in [1.54, 1.807) is 0 Å². The first-order valence-corrected chi connectivity index (χ1v) is 9.54. The molecular weight excluding hydrogens is 352 g/mol. The molecule has 7 heteroatoms. The van der Waals surface area contributed by atoms with Gasteiger partial charge in [0.2, 0.25) is 15.9 Å². The van der Waals surface area contributed by atoms with E-state index in [4.69, 9.17) is 0 Å². The van der Waals surface area contributed by atoms with Gasteiger partial charge in [-0.25, -0.2) is 8.42 Å². The molecule has 0 heterocycles. The summed E-state index contributed by atoms with van der Waals surface area (Å²) in [5.74, 6) is -0.533. The van der Waals surface area contributed by atoms with E-state index in [1.807, 2.05) is 31.2 Å². The Morgan fingerprint density at radius 2 is 1.58 bits per heavy atom. The van der Waals surface area contributed by atoms with Crippen LogP contribution in [-0.2, 0) is 21.4 Å². The zero-order valence-corrected chi connectivity index (χ0v) is 15.8. The van der Waals surface area contributed by atoms with E-state index in [-0.39, 0.29) is 17.2 Å². The second kappa shape index (κ2) is 8.25. The Balaban J connectivity index is 1.98. The molecule has 0 fully saturated rings. The number of nitrogens with one attached hydrogen (secondary N) is 1. The standard InChI is InChI=1S/C19H22N2O4S/c1-14-4-6-16(7-5-14)12-20-19(23)13-21(3)26(24,25)18-10-8-17(9-11-18)15(2)22/h4-11H,12-13H2,1-3H3,(H,20,23). The van der Waals surface area contributed by atoms with Gasteiger partial charge in [-0.2, -0.15) is 4.31 Å². The predicted molar refractivity (Wildman–Crippen MR) is 99.3 cm³/mol. The van der Waals surface area contributed by atoms with Gasteiger partial charge < -0.3 is 5.32 Å². The van der Waals surface area contributed by atoms with Gasteiger partial charge in [0.1, 0.15) is 0 Å². The summed E-state index contributed by atoms with van der Waals surface area (Å²) in [7, 11) is -2.46. The Bertz CT molecular complexity index is 888. The average molecular weight is 374 g/mol. The first kappa shape index (κ1) is 19.8. The van der Waals surface area contributed by atoms with E-state index < -0.39 is 15.9 Å². The number of ketones is 1. The second-order valence-electron chi connectivity index (χ2n) is 6.10. The maximum absolute atomic E-state index is 12.5. The number of rotatable bonds is 7. The quantitative estimate of drug-likeness (QED) is 0.753. The minimum absolute atomic E-state index is 0.0383.